The Kier molecular flexibility index (Phi) is 5.19. The van der Waals surface area contributed by atoms with Gasteiger partial charge in [0.1, 0.15) is 0 Å². The number of carbonyl (C=O) groups excluding carboxylic acids is 2. The number of nitrogens with one attached hydrogen (secondary N) is 1. The quantitative estimate of drug-likeness (QED) is 0.842. The number of likely N-dealkylation sites (tertiary alicyclic amines) is 1. The van der Waals surface area contributed by atoms with E-state index < -0.39 is 0 Å². The fraction of sp³-hybridized carbons (Fsp3) is 0.579. The molecule has 1 aliphatic heterocycles. The monoisotopic (exact) mass is 330 g/mol. The second kappa shape index (κ2) is 7.34. The van der Waals surface area contributed by atoms with Gasteiger partial charge in [-0.3, -0.25) is 9.59 Å². The Morgan fingerprint density at radius 3 is 2.88 bits per heavy atom. The summed E-state index contributed by atoms with van der Waals surface area (Å²) in [6.07, 6.45) is 4.53. The second-order valence-corrected chi connectivity index (χ2v) is 7.05. The second-order valence-electron chi connectivity index (χ2n) is 7.05. The lowest BCUT2D eigenvalue weighted by molar-refractivity contribution is -0.117. The number of hydrogen-bond donors (Lipinski definition) is 2. The summed E-state index contributed by atoms with van der Waals surface area (Å²) in [6.45, 7) is 3.01. The van der Waals surface area contributed by atoms with Crippen LogP contribution >= 0.6 is 0 Å². The first-order valence-electron chi connectivity index (χ1n) is 8.93. The van der Waals surface area contributed by atoms with Crippen molar-refractivity contribution in [3.05, 3.63) is 29.8 Å². The van der Waals surface area contributed by atoms with Crippen molar-refractivity contribution in [2.45, 2.75) is 45.1 Å². The zero-order valence-electron chi connectivity index (χ0n) is 14.2. The van der Waals surface area contributed by atoms with Crippen molar-refractivity contribution in [3.63, 3.8) is 0 Å². The van der Waals surface area contributed by atoms with E-state index in [4.69, 9.17) is 5.11 Å². The third-order valence-electron chi connectivity index (χ3n) is 5.16. The lowest BCUT2D eigenvalue weighted by Crippen LogP contribution is -2.35. The number of aliphatic hydroxyl groups is 1. The van der Waals surface area contributed by atoms with E-state index in [1.165, 1.54) is 0 Å². The van der Waals surface area contributed by atoms with Crippen LogP contribution in [0.15, 0.2) is 24.3 Å². The van der Waals surface area contributed by atoms with Crippen LogP contribution < -0.4 is 5.32 Å². The van der Waals surface area contributed by atoms with Crippen LogP contribution in [0.1, 0.15) is 49.4 Å². The van der Waals surface area contributed by atoms with Gasteiger partial charge in [0.05, 0.1) is 0 Å². The minimum absolute atomic E-state index is 0.0197. The molecule has 0 aromatic heterocycles. The van der Waals surface area contributed by atoms with Crippen molar-refractivity contribution in [3.8, 4) is 0 Å². The molecule has 1 heterocycles. The van der Waals surface area contributed by atoms with E-state index in [0.717, 1.165) is 38.6 Å². The number of anilines is 1. The molecular weight excluding hydrogens is 304 g/mol. The molecule has 3 rings (SSSR count). The molecule has 1 saturated heterocycles. The molecule has 1 aromatic rings. The topological polar surface area (TPSA) is 69.6 Å². The van der Waals surface area contributed by atoms with Crippen molar-refractivity contribution in [2.75, 3.05) is 18.5 Å². The number of carbonyl (C=O) groups is 2. The number of rotatable bonds is 6. The summed E-state index contributed by atoms with van der Waals surface area (Å²) < 4.78 is 0. The summed E-state index contributed by atoms with van der Waals surface area (Å²) in [4.78, 5) is 26.8. The van der Waals surface area contributed by atoms with E-state index in [2.05, 4.69) is 12.2 Å². The van der Waals surface area contributed by atoms with Crippen molar-refractivity contribution in [1.29, 1.82) is 0 Å². The highest BCUT2D eigenvalue weighted by Crippen LogP contribution is 2.38. The highest BCUT2D eigenvalue weighted by Gasteiger charge is 2.39. The largest absolute Gasteiger partial charge is 0.396 e. The van der Waals surface area contributed by atoms with Gasteiger partial charge in [0.25, 0.3) is 5.91 Å². The lowest BCUT2D eigenvalue weighted by Gasteiger charge is -2.25. The fourth-order valence-electron chi connectivity index (χ4n) is 3.55. The van der Waals surface area contributed by atoms with Crippen molar-refractivity contribution >= 4 is 17.5 Å². The Labute approximate surface area is 143 Å². The van der Waals surface area contributed by atoms with Gasteiger partial charge in [-0.25, -0.2) is 0 Å². The van der Waals surface area contributed by atoms with Gasteiger partial charge in [-0.15, -0.1) is 0 Å². The molecule has 24 heavy (non-hydrogen) atoms. The number of benzene rings is 1. The first kappa shape index (κ1) is 17.0. The van der Waals surface area contributed by atoms with Gasteiger partial charge in [-0.2, -0.15) is 0 Å². The zero-order chi connectivity index (χ0) is 17.1. The zero-order valence-corrected chi connectivity index (χ0v) is 14.2. The van der Waals surface area contributed by atoms with E-state index in [1.54, 1.807) is 12.1 Å². The molecule has 1 aromatic carbocycles. The maximum absolute atomic E-state index is 12.8. The molecule has 1 saturated carbocycles. The molecule has 0 bridgehead atoms. The lowest BCUT2D eigenvalue weighted by atomic mass is 10.1. The van der Waals surface area contributed by atoms with Crippen molar-refractivity contribution in [1.82, 2.24) is 4.90 Å². The first-order valence-corrected chi connectivity index (χ1v) is 8.93. The van der Waals surface area contributed by atoms with Crippen LogP contribution in [0.5, 0.6) is 0 Å². The Balaban J connectivity index is 1.66. The van der Waals surface area contributed by atoms with Crippen LogP contribution in [0, 0.1) is 11.8 Å². The summed E-state index contributed by atoms with van der Waals surface area (Å²) in [5.74, 6) is 0.651. The Bertz CT molecular complexity index is 616. The van der Waals surface area contributed by atoms with E-state index in [1.807, 2.05) is 17.0 Å². The van der Waals surface area contributed by atoms with Crippen LogP contribution in [-0.4, -0.2) is 41.0 Å². The van der Waals surface area contributed by atoms with Gasteiger partial charge in [0.2, 0.25) is 5.91 Å². The predicted molar refractivity (Wildman–Crippen MR) is 92.7 cm³/mol. The maximum Gasteiger partial charge on any atom is 0.254 e. The SMILES string of the molecule is CC1CC1C(=O)Nc1cccc(C(=O)N2CCCC2CCCO)c1. The van der Waals surface area contributed by atoms with Gasteiger partial charge in [0.15, 0.2) is 0 Å². The molecule has 2 aliphatic rings. The van der Waals surface area contributed by atoms with Gasteiger partial charge < -0.3 is 15.3 Å². The number of aliphatic hydroxyl groups excluding tert-OH is 1. The van der Waals surface area contributed by atoms with Crippen LogP contribution in [0.25, 0.3) is 0 Å². The summed E-state index contributed by atoms with van der Waals surface area (Å²) >= 11 is 0. The number of nitrogens with zero attached hydrogens (tertiary/aromatic N) is 1. The van der Waals surface area contributed by atoms with Gasteiger partial charge in [-0.05, 0) is 56.2 Å². The Morgan fingerprint density at radius 2 is 2.17 bits per heavy atom. The summed E-state index contributed by atoms with van der Waals surface area (Å²) in [6, 6.07) is 7.44. The number of amides is 2. The van der Waals surface area contributed by atoms with Crippen molar-refractivity contribution in [2.24, 2.45) is 11.8 Å². The minimum Gasteiger partial charge on any atom is -0.396 e. The fourth-order valence-corrected chi connectivity index (χ4v) is 3.55. The highest BCUT2D eigenvalue weighted by molar-refractivity contribution is 5.98. The van der Waals surface area contributed by atoms with Gasteiger partial charge >= 0.3 is 0 Å². The van der Waals surface area contributed by atoms with Gasteiger partial charge in [-0.1, -0.05) is 13.0 Å². The van der Waals surface area contributed by atoms with Crippen LogP contribution in [0.2, 0.25) is 0 Å². The average Bonchev–Trinajstić information content (AvgIpc) is 3.14. The van der Waals surface area contributed by atoms with E-state index in [-0.39, 0.29) is 30.4 Å². The molecule has 0 radical (unpaired) electrons. The molecule has 5 heteroatoms. The molecule has 5 nitrogen and oxygen atoms in total. The summed E-state index contributed by atoms with van der Waals surface area (Å²) in [5, 5.41) is 11.9. The Hall–Kier alpha value is -1.88. The molecule has 0 spiro atoms. The first-order chi connectivity index (χ1) is 11.6. The maximum atomic E-state index is 12.8. The molecule has 2 fully saturated rings. The van der Waals surface area contributed by atoms with E-state index in [9.17, 15) is 9.59 Å². The smallest absolute Gasteiger partial charge is 0.254 e. The number of hydrogen-bond acceptors (Lipinski definition) is 3. The molecule has 2 amide bonds. The summed E-state index contributed by atoms with van der Waals surface area (Å²) in [7, 11) is 0. The van der Waals surface area contributed by atoms with E-state index in [0.29, 0.717) is 17.2 Å². The third kappa shape index (κ3) is 3.78. The molecule has 130 valence electrons. The standard InChI is InChI=1S/C19H26N2O3/c1-13-11-17(13)18(23)20-15-6-2-5-14(12-15)19(24)21-9-3-7-16(21)8-4-10-22/h2,5-6,12-13,16-17,22H,3-4,7-11H2,1H3,(H,20,23). The minimum atomic E-state index is 0.0197. The van der Waals surface area contributed by atoms with E-state index >= 15 is 0 Å². The third-order valence-corrected chi connectivity index (χ3v) is 5.16. The van der Waals surface area contributed by atoms with Gasteiger partial charge in [0, 0.05) is 36.4 Å². The molecule has 1 aliphatic carbocycles. The predicted octanol–water partition coefficient (Wildman–Crippen LogP) is 2.66. The normalized spacial score (nSPS) is 25.6. The van der Waals surface area contributed by atoms with Crippen molar-refractivity contribution < 1.29 is 14.7 Å². The molecule has 3 unspecified atom stereocenters. The molecule has 2 N–H and O–H groups in total. The van der Waals surface area contributed by atoms with Crippen LogP contribution in [0.3, 0.4) is 0 Å². The Morgan fingerprint density at radius 1 is 1.38 bits per heavy atom. The summed E-state index contributed by atoms with van der Waals surface area (Å²) in [5.41, 5.74) is 1.31. The highest BCUT2D eigenvalue weighted by atomic mass is 16.3. The molecular formula is C19H26N2O3. The van der Waals surface area contributed by atoms with Crippen LogP contribution in [0.4, 0.5) is 5.69 Å². The molecule has 3 atom stereocenters. The average molecular weight is 330 g/mol. The van der Waals surface area contributed by atoms with Crippen LogP contribution in [-0.2, 0) is 4.79 Å².